The lowest BCUT2D eigenvalue weighted by Gasteiger charge is -2.10. The van der Waals surface area contributed by atoms with Gasteiger partial charge in [-0.15, -0.1) is 0 Å². The van der Waals surface area contributed by atoms with Gasteiger partial charge in [0.25, 0.3) is 10.0 Å². The van der Waals surface area contributed by atoms with Gasteiger partial charge in [-0.1, -0.05) is 18.3 Å². The van der Waals surface area contributed by atoms with Crippen LogP contribution in [-0.2, 0) is 17.1 Å². The van der Waals surface area contributed by atoms with Crippen molar-refractivity contribution in [2.24, 2.45) is 12.8 Å². The second-order valence-corrected chi connectivity index (χ2v) is 6.87. The maximum absolute atomic E-state index is 12.4. The molecule has 0 unspecified atom stereocenters. The van der Waals surface area contributed by atoms with Crippen LogP contribution in [0.4, 0.5) is 5.69 Å². The predicted octanol–water partition coefficient (Wildman–Crippen LogP) is 1.47. The van der Waals surface area contributed by atoms with Crippen LogP contribution in [0.2, 0.25) is 0 Å². The van der Waals surface area contributed by atoms with Gasteiger partial charge in [0.15, 0.2) is 0 Å². The van der Waals surface area contributed by atoms with Gasteiger partial charge in [0, 0.05) is 18.8 Å². The first-order valence-electron chi connectivity index (χ1n) is 6.14. The number of hydrogen-bond acceptors (Lipinski definition) is 4. The van der Waals surface area contributed by atoms with E-state index >= 15 is 0 Å². The molecule has 1 aromatic heterocycles. The van der Waals surface area contributed by atoms with Gasteiger partial charge in [-0.2, -0.15) is 5.10 Å². The SMILES string of the molecule is Cc1cc(S(=O)(=O)Nc2cn(C)nc2C)ccc1C(N)=S. The molecular formula is C13H16N4O2S2. The Bertz CT molecular complexity index is 810. The Hall–Kier alpha value is -1.93. The van der Waals surface area contributed by atoms with Crippen LogP contribution in [0.5, 0.6) is 0 Å². The fourth-order valence-electron chi connectivity index (χ4n) is 1.98. The molecule has 112 valence electrons. The molecule has 0 saturated heterocycles. The van der Waals surface area contributed by atoms with Gasteiger partial charge in [0.2, 0.25) is 0 Å². The zero-order valence-electron chi connectivity index (χ0n) is 11.9. The summed E-state index contributed by atoms with van der Waals surface area (Å²) in [6, 6.07) is 4.64. The van der Waals surface area contributed by atoms with E-state index < -0.39 is 10.0 Å². The molecule has 0 saturated carbocycles. The number of thiocarbonyl (C=S) groups is 1. The van der Waals surface area contributed by atoms with Crippen molar-refractivity contribution >= 4 is 32.9 Å². The molecule has 2 rings (SSSR count). The lowest BCUT2D eigenvalue weighted by atomic mass is 10.1. The van der Waals surface area contributed by atoms with E-state index in [4.69, 9.17) is 18.0 Å². The molecule has 21 heavy (non-hydrogen) atoms. The summed E-state index contributed by atoms with van der Waals surface area (Å²) in [5, 5.41) is 4.10. The highest BCUT2D eigenvalue weighted by atomic mass is 32.2. The van der Waals surface area contributed by atoms with Gasteiger partial charge in [-0.05, 0) is 31.5 Å². The zero-order chi connectivity index (χ0) is 15.8. The van der Waals surface area contributed by atoms with Crippen molar-refractivity contribution in [3.05, 3.63) is 41.2 Å². The Morgan fingerprint density at radius 2 is 2.05 bits per heavy atom. The average Bonchev–Trinajstić information content (AvgIpc) is 2.66. The maximum atomic E-state index is 12.4. The highest BCUT2D eigenvalue weighted by Crippen LogP contribution is 2.20. The van der Waals surface area contributed by atoms with Crippen LogP contribution < -0.4 is 10.5 Å². The summed E-state index contributed by atoms with van der Waals surface area (Å²) in [6.07, 6.45) is 1.61. The standard InChI is InChI=1S/C13H16N4O2S2/c1-8-6-10(4-5-11(8)13(14)20)21(18,19)16-12-7-17(3)15-9(12)2/h4-7,16H,1-3H3,(H2,14,20). The summed E-state index contributed by atoms with van der Waals surface area (Å²) in [4.78, 5) is 0.399. The minimum Gasteiger partial charge on any atom is -0.389 e. The van der Waals surface area contributed by atoms with Crippen LogP contribution >= 0.6 is 12.2 Å². The second-order valence-electron chi connectivity index (χ2n) is 4.75. The third kappa shape index (κ3) is 3.22. The van der Waals surface area contributed by atoms with E-state index in [0.29, 0.717) is 22.5 Å². The molecule has 0 amide bonds. The van der Waals surface area contributed by atoms with Gasteiger partial charge < -0.3 is 5.73 Å². The molecule has 3 N–H and O–H groups in total. The van der Waals surface area contributed by atoms with E-state index in [9.17, 15) is 8.42 Å². The largest absolute Gasteiger partial charge is 0.389 e. The topological polar surface area (TPSA) is 90.0 Å². The molecule has 1 heterocycles. The Balaban J connectivity index is 2.38. The number of aryl methyl sites for hydroxylation is 3. The predicted molar refractivity (Wildman–Crippen MR) is 85.8 cm³/mol. The summed E-state index contributed by atoms with van der Waals surface area (Å²) < 4.78 is 28.8. The number of aromatic nitrogens is 2. The van der Waals surface area contributed by atoms with Crippen LogP contribution in [-0.4, -0.2) is 23.2 Å². The first-order valence-corrected chi connectivity index (χ1v) is 8.03. The number of nitrogens with zero attached hydrogens (tertiary/aromatic N) is 2. The minimum absolute atomic E-state index is 0.156. The number of nitrogens with two attached hydrogens (primary N) is 1. The third-order valence-corrected chi connectivity index (χ3v) is 4.61. The van der Waals surface area contributed by atoms with E-state index in [-0.39, 0.29) is 9.88 Å². The second kappa shape index (κ2) is 5.45. The lowest BCUT2D eigenvalue weighted by molar-refractivity contribution is 0.601. The Kier molecular flexibility index (Phi) is 4.02. The number of rotatable bonds is 4. The molecule has 0 radical (unpaired) electrons. The smallest absolute Gasteiger partial charge is 0.262 e. The molecule has 0 atom stereocenters. The van der Waals surface area contributed by atoms with Crippen molar-refractivity contribution < 1.29 is 8.42 Å². The monoisotopic (exact) mass is 324 g/mol. The number of benzene rings is 1. The summed E-state index contributed by atoms with van der Waals surface area (Å²) in [6.45, 7) is 3.50. The van der Waals surface area contributed by atoms with Crippen molar-refractivity contribution in [3.8, 4) is 0 Å². The summed E-state index contributed by atoms with van der Waals surface area (Å²) in [7, 11) is -1.95. The van der Waals surface area contributed by atoms with Crippen molar-refractivity contribution in [1.82, 2.24) is 9.78 Å². The Labute approximate surface area is 129 Å². The normalized spacial score (nSPS) is 11.4. The molecule has 0 aliphatic heterocycles. The zero-order valence-corrected chi connectivity index (χ0v) is 13.5. The number of nitrogens with one attached hydrogen (secondary N) is 1. The summed E-state index contributed by atoms with van der Waals surface area (Å²) in [5.74, 6) is 0. The summed E-state index contributed by atoms with van der Waals surface area (Å²) in [5.41, 5.74) is 8.02. The maximum Gasteiger partial charge on any atom is 0.262 e. The van der Waals surface area contributed by atoms with Crippen molar-refractivity contribution in [1.29, 1.82) is 0 Å². The van der Waals surface area contributed by atoms with Gasteiger partial charge in [-0.3, -0.25) is 9.40 Å². The van der Waals surface area contributed by atoms with Gasteiger partial charge in [0.1, 0.15) is 4.99 Å². The highest BCUT2D eigenvalue weighted by Gasteiger charge is 2.18. The minimum atomic E-state index is -3.67. The Morgan fingerprint density at radius 3 is 2.52 bits per heavy atom. The van der Waals surface area contributed by atoms with E-state index in [1.54, 1.807) is 43.9 Å². The first-order chi connectivity index (χ1) is 9.70. The molecule has 2 aromatic rings. The number of anilines is 1. The van der Waals surface area contributed by atoms with E-state index in [1.807, 2.05) is 0 Å². The number of sulfonamides is 1. The van der Waals surface area contributed by atoms with Gasteiger partial charge >= 0.3 is 0 Å². The van der Waals surface area contributed by atoms with E-state index in [2.05, 4.69) is 9.82 Å². The van der Waals surface area contributed by atoms with Crippen LogP contribution in [0.15, 0.2) is 29.3 Å². The molecule has 0 spiro atoms. The quantitative estimate of drug-likeness (QED) is 0.831. The fourth-order valence-corrected chi connectivity index (χ4v) is 3.40. The van der Waals surface area contributed by atoms with Gasteiger partial charge in [-0.25, -0.2) is 8.42 Å². The van der Waals surface area contributed by atoms with Crippen LogP contribution in [0.1, 0.15) is 16.8 Å². The van der Waals surface area contributed by atoms with E-state index in [1.165, 1.54) is 6.07 Å². The molecule has 0 fully saturated rings. The first kappa shape index (κ1) is 15.5. The van der Waals surface area contributed by atoms with Crippen molar-refractivity contribution in [2.75, 3.05) is 4.72 Å². The van der Waals surface area contributed by atoms with Crippen LogP contribution in [0, 0.1) is 13.8 Å². The molecular weight excluding hydrogens is 308 g/mol. The molecule has 6 nitrogen and oxygen atoms in total. The lowest BCUT2D eigenvalue weighted by Crippen LogP contribution is -2.15. The molecule has 0 aliphatic rings. The summed E-state index contributed by atoms with van der Waals surface area (Å²) >= 11 is 4.91. The van der Waals surface area contributed by atoms with E-state index in [0.717, 1.165) is 0 Å². The van der Waals surface area contributed by atoms with Crippen LogP contribution in [0.25, 0.3) is 0 Å². The molecule has 1 aromatic carbocycles. The van der Waals surface area contributed by atoms with Crippen molar-refractivity contribution in [2.45, 2.75) is 18.7 Å². The molecule has 0 aliphatic carbocycles. The highest BCUT2D eigenvalue weighted by molar-refractivity contribution is 7.92. The number of hydrogen-bond donors (Lipinski definition) is 2. The molecule has 8 heteroatoms. The fraction of sp³-hybridized carbons (Fsp3) is 0.231. The molecule has 0 bridgehead atoms. The van der Waals surface area contributed by atoms with Crippen molar-refractivity contribution in [3.63, 3.8) is 0 Å². The average molecular weight is 324 g/mol. The third-order valence-electron chi connectivity index (χ3n) is 3.03. The van der Waals surface area contributed by atoms with Gasteiger partial charge in [0.05, 0.1) is 16.3 Å². The van der Waals surface area contributed by atoms with Crippen LogP contribution in [0.3, 0.4) is 0 Å². The Morgan fingerprint density at radius 1 is 1.38 bits per heavy atom.